The number of hydrogen-bond acceptors (Lipinski definition) is 5. The van der Waals surface area contributed by atoms with Crippen LogP contribution in [0.3, 0.4) is 0 Å². The van der Waals surface area contributed by atoms with E-state index in [0.717, 1.165) is 19.3 Å². The molecule has 5 nitrogen and oxygen atoms in total. The molecule has 1 aliphatic rings. The fourth-order valence-corrected chi connectivity index (χ4v) is 1.53. The number of carbonyl (C=O) groups is 1. The first-order chi connectivity index (χ1) is 8.29. The summed E-state index contributed by atoms with van der Waals surface area (Å²) in [6, 6.07) is 0. The Hall–Kier alpha value is -0.650. The topological polar surface area (TPSA) is 54.0 Å². The zero-order valence-corrected chi connectivity index (χ0v) is 10.6. The SMILES string of the molecule is COCCOCCCOC(C(=O)OC)C1CC1. The minimum atomic E-state index is -0.376. The molecule has 0 aromatic heterocycles. The fraction of sp³-hybridized carbons (Fsp3) is 0.917. The number of carbonyl (C=O) groups excluding carboxylic acids is 1. The lowest BCUT2D eigenvalue weighted by Gasteiger charge is -2.14. The van der Waals surface area contributed by atoms with Gasteiger partial charge in [0.05, 0.1) is 20.3 Å². The Balaban J connectivity index is 2.01. The average Bonchev–Trinajstić information content (AvgIpc) is 3.16. The summed E-state index contributed by atoms with van der Waals surface area (Å²) in [4.78, 5) is 11.4. The molecule has 0 aromatic rings. The molecule has 1 fully saturated rings. The van der Waals surface area contributed by atoms with Crippen LogP contribution < -0.4 is 0 Å². The number of esters is 1. The molecule has 100 valence electrons. The predicted molar refractivity (Wildman–Crippen MR) is 61.8 cm³/mol. The van der Waals surface area contributed by atoms with Crippen LogP contribution in [0.25, 0.3) is 0 Å². The molecule has 1 unspecified atom stereocenters. The van der Waals surface area contributed by atoms with Gasteiger partial charge in [0.2, 0.25) is 0 Å². The minimum Gasteiger partial charge on any atom is -0.467 e. The maximum absolute atomic E-state index is 11.4. The van der Waals surface area contributed by atoms with E-state index >= 15 is 0 Å². The van der Waals surface area contributed by atoms with Gasteiger partial charge in [-0.05, 0) is 25.2 Å². The first-order valence-corrected chi connectivity index (χ1v) is 6.05. The maximum atomic E-state index is 11.4. The monoisotopic (exact) mass is 246 g/mol. The van der Waals surface area contributed by atoms with Crippen molar-refractivity contribution in [2.24, 2.45) is 5.92 Å². The summed E-state index contributed by atoms with van der Waals surface area (Å²) in [7, 11) is 3.04. The van der Waals surface area contributed by atoms with Gasteiger partial charge in [-0.1, -0.05) is 0 Å². The first kappa shape index (κ1) is 14.4. The molecule has 17 heavy (non-hydrogen) atoms. The van der Waals surface area contributed by atoms with Gasteiger partial charge in [-0.3, -0.25) is 0 Å². The molecule has 1 rings (SSSR count). The van der Waals surface area contributed by atoms with Crippen LogP contribution >= 0.6 is 0 Å². The van der Waals surface area contributed by atoms with E-state index in [2.05, 4.69) is 0 Å². The lowest BCUT2D eigenvalue weighted by Crippen LogP contribution is -2.28. The minimum absolute atomic E-state index is 0.257. The summed E-state index contributed by atoms with van der Waals surface area (Å²) < 4.78 is 20.4. The van der Waals surface area contributed by atoms with E-state index in [0.29, 0.717) is 32.3 Å². The third-order valence-corrected chi connectivity index (χ3v) is 2.65. The fourth-order valence-electron chi connectivity index (χ4n) is 1.53. The van der Waals surface area contributed by atoms with Crippen LogP contribution in [0.1, 0.15) is 19.3 Å². The van der Waals surface area contributed by atoms with Gasteiger partial charge in [0.25, 0.3) is 0 Å². The largest absolute Gasteiger partial charge is 0.467 e. The van der Waals surface area contributed by atoms with Crippen LogP contribution in [0, 0.1) is 5.92 Å². The number of rotatable bonds is 10. The van der Waals surface area contributed by atoms with Gasteiger partial charge in [-0.2, -0.15) is 0 Å². The van der Waals surface area contributed by atoms with E-state index in [1.165, 1.54) is 7.11 Å². The Kier molecular flexibility index (Phi) is 7.16. The van der Waals surface area contributed by atoms with Crippen LogP contribution in [0.15, 0.2) is 0 Å². The molecule has 0 saturated heterocycles. The number of hydrogen-bond donors (Lipinski definition) is 0. The second-order valence-electron chi connectivity index (χ2n) is 4.11. The molecule has 0 spiro atoms. The van der Waals surface area contributed by atoms with Crippen molar-refractivity contribution in [3.63, 3.8) is 0 Å². The van der Waals surface area contributed by atoms with Gasteiger partial charge in [-0.25, -0.2) is 4.79 Å². The summed E-state index contributed by atoms with van der Waals surface area (Å²) in [5, 5.41) is 0. The predicted octanol–water partition coefficient (Wildman–Crippen LogP) is 1.01. The van der Waals surface area contributed by atoms with Gasteiger partial charge in [0, 0.05) is 20.3 Å². The van der Waals surface area contributed by atoms with E-state index in [1.54, 1.807) is 7.11 Å². The lowest BCUT2D eigenvalue weighted by atomic mass is 10.2. The highest BCUT2D eigenvalue weighted by Crippen LogP contribution is 2.34. The van der Waals surface area contributed by atoms with Crippen molar-refractivity contribution in [1.82, 2.24) is 0 Å². The van der Waals surface area contributed by atoms with Crippen molar-refractivity contribution in [3.05, 3.63) is 0 Å². The Morgan fingerprint density at radius 1 is 1.18 bits per heavy atom. The smallest absolute Gasteiger partial charge is 0.335 e. The summed E-state index contributed by atoms with van der Waals surface area (Å²) in [6.07, 6.45) is 2.52. The second-order valence-corrected chi connectivity index (χ2v) is 4.11. The van der Waals surface area contributed by atoms with Crippen LogP contribution in [0.4, 0.5) is 0 Å². The molecule has 1 saturated carbocycles. The molecule has 5 heteroatoms. The summed E-state index contributed by atoms with van der Waals surface area (Å²) in [5.41, 5.74) is 0. The maximum Gasteiger partial charge on any atom is 0.335 e. The third-order valence-electron chi connectivity index (χ3n) is 2.65. The van der Waals surface area contributed by atoms with Crippen LogP contribution in [0.5, 0.6) is 0 Å². The van der Waals surface area contributed by atoms with Crippen molar-refractivity contribution < 1.29 is 23.7 Å². The van der Waals surface area contributed by atoms with E-state index in [1.807, 2.05) is 0 Å². The number of methoxy groups -OCH3 is 2. The van der Waals surface area contributed by atoms with Crippen molar-refractivity contribution in [3.8, 4) is 0 Å². The second kappa shape index (κ2) is 8.44. The van der Waals surface area contributed by atoms with Gasteiger partial charge in [0.1, 0.15) is 0 Å². The molecule has 0 bridgehead atoms. The zero-order chi connectivity index (χ0) is 12.5. The molecule has 1 atom stereocenters. The van der Waals surface area contributed by atoms with Gasteiger partial charge in [0.15, 0.2) is 6.10 Å². The highest BCUT2D eigenvalue weighted by molar-refractivity contribution is 5.75. The molecule has 0 aliphatic heterocycles. The van der Waals surface area contributed by atoms with Crippen molar-refractivity contribution >= 4 is 5.97 Å². The van der Waals surface area contributed by atoms with Gasteiger partial charge < -0.3 is 18.9 Å². The molecule has 0 radical (unpaired) electrons. The van der Waals surface area contributed by atoms with E-state index in [9.17, 15) is 4.79 Å². The van der Waals surface area contributed by atoms with Crippen molar-refractivity contribution in [2.45, 2.75) is 25.4 Å². The van der Waals surface area contributed by atoms with Crippen molar-refractivity contribution in [2.75, 3.05) is 40.6 Å². The highest BCUT2D eigenvalue weighted by atomic mass is 16.6. The Morgan fingerprint density at radius 3 is 2.53 bits per heavy atom. The molecular formula is C12H22O5. The summed E-state index contributed by atoms with van der Waals surface area (Å²) in [5.74, 6) is 0.102. The first-order valence-electron chi connectivity index (χ1n) is 6.05. The van der Waals surface area contributed by atoms with Crippen LogP contribution in [0.2, 0.25) is 0 Å². The molecular weight excluding hydrogens is 224 g/mol. The quantitative estimate of drug-likeness (QED) is 0.425. The zero-order valence-electron chi connectivity index (χ0n) is 10.6. The Morgan fingerprint density at radius 2 is 1.94 bits per heavy atom. The van der Waals surface area contributed by atoms with E-state index < -0.39 is 0 Å². The van der Waals surface area contributed by atoms with Gasteiger partial charge in [-0.15, -0.1) is 0 Å². The molecule has 0 heterocycles. The average molecular weight is 246 g/mol. The van der Waals surface area contributed by atoms with Gasteiger partial charge >= 0.3 is 5.97 Å². The standard InChI is InChI=1S/C12H22O5/c1-14-8-9-16-6-3-7-17-11(10-4-5-10)12(13)15-2/h10-11H,3-9H2,1-2H3. The third kappa shape index (κ3) is 6.00. The molecule has 0 N–H and O–H groups in total. The molecule has 0 amide bonds. The van der Waals surface area contributed by atoms with E-state index in [-0.39, 0.29) is 12.1 Å². The Bertz CT molecular complexity index is 215. The highest BCUT2D eigenvalue weighted by Gasteiger charge is 2.37. The molecule has 1 aliphatic carbocycles. The lowest BCUT2D eigenvalue weighted by molar-refractivity contribution is -0.155. The van der Waals surface area contributed by atoms with Crippen molar-refractivity contribution in [1.29, 1.82) is 0 Å². The Labute approximate surface area is 102 Å². The number of ether oxygens (including phenoxy) is 4. The van der Waals surface area contributed by atoms with Crippen LogP contribution in [-0.4, -0.2) is 52.7 Å². The van der Waals surface area contributed by atoms with Crippen LogP contribution in [-0.2, 0) is 23.7 Å². The normalized spacial score (nSPS) is 16.8. The summed E-state index contributed by atoms with van der Waals surface area (Å²) >= 11 is 0. The van der Waals surface area contributed by atoms with E-state index in [4.69, 9.17) is 18.9 Å². The summed E-state index contributed by atoms with van der Waals surface area (Å²) in [6.45, 7) is 2.36. The molecule has 0 aromatic carbocycles.